The molecule has 7 nitrogen and oxygen atoms in total. The van der Waals surface area contributed by atoms with Crippen LogP contribution in [0.25, 0.3) is 0 Å². The van der Waals surface area contributed by atoms with Gasteiger partial charge in [0, 0.05) is 55.9 Å². The molecule has 2 aliphatic rings. The van der Waals surface area contributed by atoms with E-state index in [0.29, 0.717) is 29.9 Å². The number of benzene rings is 1. The number of allylic oxidation sites excluding steroid dienone is 3. The number of likely N-dealkylation sites (N-methyl/N-ethyl adjacent to an activating group) is 1. The minimum absolute atomic E-state index is 0.0761. The molecule has 0 saturated carbocycles. The molecule has 0 radical (unpaired) electrons. The summed E-state index contributed by atoms with van der Waals surface area (Å²) >= 11 is 0. The monoisotopic (exact) mass is 434 g/mol. The van der Waals surface area contributed by atoms with Gasteiger partial charge in [-0.05, 0) is 32.4 Å². The zero-order chi connectivity index (χ0) is 22.7. The van der Waals surface area contributed by atoms with Crippen LogP contribution in [-0.4, -0.2) is 46.4 Å². The molecule has 0 spiro atoms. The Kier molecular flexibility index (Phi) is 6.55. The molecule has 0 bridgehead atoms. The van der Waals surface area contributed by atoms with Crippen LogP contribution >= 0.6 is 0 Å². The molecule has 1 N–H and O–H groups in total. The van der Waals surface area contributed by atoms with Crippen molar-refractivity contribution in [3.8, 4) is 0 Å². The smallest absolute Gasteiger partial charge is 0.336 e. The first-order valence-electron chi connectivity index (χ1n) is 11.1. The van der Waals surface area contributed by atoms with Crippen LogP contribution in [0.3, 0.4) is 0 Å². The molecule has 0 amide bonds. The summed E-state index contributed by atoms with van der Waals surface area (Å²) in [6, 6.07) is 10.2. The van der Waals surface area contributed by atoms with Crippen molar-refractivity contribution < 1.29 is 14.3 Å². The minimum Gasteiger partial charge on any atom is -0.461 e. The Labute approximate surface area is 188 Å². The summed E-state index contributed by atoms with van der Waals surface area (Å²) in [4.78, 5) is 32.7. The van der Waals surface area contributed by atoms with Gasteiger partial charge in [-0.3, -0.25) is 9.69 Å². The molecule has 1 aliphatic heterocycles. The molecular formula is C25H30N4O3. The van der Waals surface area contributed by atoms with Gasteiger partial charge in [-0.1, -0.05) is 30.3 Å². The second-order valence-electron chi connectivity index (χ2n) is 8.52. The van der Waals surface area contributed by atoms with Crippen molar-refractivity contribution in [3.63, 3.8) is 0 Å². The van der Waals surface area contributed by atoms with E-state index in [-0.39, 0.29) is 12.4 Å². The summed E-state index contributed by atoms with van der Waals surface area (Å²) in [6.45, 7) is 3.53. The van der Waals surface area contributed by atoms with Gasteiger partial charge in [-0.15, -0.1) is 0 Å². The number of dihydropyridines is 1. The Hall–Kier alpha value is -3.19. The number of Topliss-reactive ketones (excluding diaryl/α,β-unsaturated/α-hetero) is 1. The Morgan fingerprint density at radius 3 is 2.78 bits per heavy atom. The molecule has 1 unspecified atom stereocenters. The van der Waals surface area contributed by atoms with E-state index in [9.17, 15) is 9.59 Å². The van der Waals surface area contributed by atoms with Crippen molar-refractivity contribution in [1.29, 1.82) is 0 Å². The van der Waals surface area contributed by atoms with E-state index in [1.54, 1.807) is 6.20 Å². The summed E-state index contributed by atoms with van der Waals surface area (Å²) in [7, 11) is 3.89. The van der Waals surface area contributed by atoms with E-state index in [0.717, 1.165) is 30.8 Å². The summed E-state index contributed by atoms with van der Waals surface area (Å²) in [5, 5.41) is 3.31. The standard InChI is InChI=1S/C25H30N4O3/c1-17-21(25(31)32-15-14-28(2)16-18-8-5-4-6-9-18)23(24-26-12-13-29(24)3)22-19(27-17)10-7-11-20(22)30/h4-6,8-9,12-13,23,27H,7,10-11,14-16H2,1-3H3. The molecule has 2 aromatic rings. The number of rotatable bonds is 7. The topological polar surface area (TPSA) is 76.5 Å². The van der Waals surface area contributed by atoms with E-state index in [1.807, 2.05) is 50.0 Å². The van der Waals surface area contributed by atoms with Crippen LogP contribution in [-0.2, 0) is 27.9 Å². The highest BCUT2D eigenvalue weighted by Gasteiger charge is 2.40. The van der Waals surface area contributed by atoms with Crippen molar-refractivity contribution in [2.75, 3.05) is 20.2 Å². The molecular weight excluding hydrogens is 404 g/mol. The number of imidazole rings is 1. The second-order valence-corrected chi connectivity index (χ2v) is 8.52. The van der Waals surface area contributed by atoms with Crippen LogP contribution < -0.4 is 5.32 Å². The van der Waals surface area contributed by atoms with Gasteiger partial charge in [0.15, 0.2) is 5.78 Å². The van der Waals surface area contributed by atoms with E-state index in [2.05, 4.69) is 27.3 Å². The van der Waals surface area contributed by atoms with Gasteiger partial charge in [0.2, 0.25) is 0 Å². The lowest BCUT2D eigenvalue weighted by Crippen LogP contribution is -2.36. The summed E-state index contributed by atoms with van der Waals surface area (Å²) in [5.41, 5.74) is 3.98. The number of hydrogen-bond acceptors (Lipinski definition) is 6. The fourth-order valence-corrected chi connectivity index (χ4v) is 4.51. The van der Waals surface area contributed by atoms with Gasteiger partial charge in [0.1, 0.15) is 12.4 Å². The quantitative estimate of drug-likeness (QED) is 0.675. The van der Waals surface area contributed by atoms with Crippen molar-refractivity contribution in [1.82, 2.24) is 19.8 Å². The highest BCUT2D eigenvalue weighted by atomic mass is 16.5. The number of carbonyl (C=O) groups excluding carboxylic acids is 2. The number of aromatic nitrogens is 2. The molecule has 1 atom stereocenters. The van der Waals surface area contributed by atoms with E-state index in [1.165, 1.54) is 5.56 Å². The number of nitrogens with zero attached hydrogens (tertiary/aromatic N) is 3. The first-order chi connectivity index (χ1) is 15.5. The van der Waals surface area contributed by atoms with Crippen LogP contribution in [0.1, 0.15) is 43.5 Å². The summed E-state index contributed by atoms with van der Waals surface area (Å²) in [5.74, 6) is -0.150. The largest absolute Gasteiger partial charge is 0.461 e. The van der Waals surface area contributed by atoms with Crippen LogP contribution in [0.4, 0.5) is 0 Å². The first-order valence-corrected chi connectivity index (χ1v) is 11.1. The molecule has 1 aromatic heterocycles. The molecule has 0 fully saturated rings. The summed E-state index contributed by atoms with van der Waals surface area (Å²) in [6.07, 6.45) is 5.64. The zero-order valence-electron chi connectivity index (χ0n) is 18.9. The lowest BCUT2D eigenvalue weighted by atomic mass is 9.78. The molecule has 4 rings (SSSR count). The van der Waals surface area contributed by atoms with Gasteiger partial charge in [-0.2, -0.15) is 0 Å². The number of ketones is 1. The molecule has 2 heterocycles. The van der Waals surface area contributed by atoms with Gasteiger partial charge in [-0.25, -0.2) is 9.78 Å². The second kappa shape index (κ2) is 9.53. The average Bonchev–Trinajstić information content (AvgIpc) is 3.19. The van der Waals surface area contributed by atoms with Crippen molar-refractivity contribution in [2.24, 2.45) is 7.05 Å². The lowest BCUT2D eigenvalue weighted by Gasteiger charge is -2.33. The predicted octanol–water partition coefficient (Wildman–Crippen LogP) is 3.06. The Bertz CT molecular complexity index is 1070. The normalized spacial score (nSPS) is 18.6. The van der Waals surface area contributed by atoms with Crippen LogP contribution in [0.5, 0.6) is 0 Å². The SMILES string of the molecule is CC1=C(C(=O)OCCN(C)Cc2ccccc2)C(c2nccn2C)C2=C(CCCC2=O)N1. The van der Waals surface area contributed by atoms with Gasteiger partial charge >= 0.3 is 5.97 Å². The highest BCUT2D eigenvalue weighted by Crippen LogP contribution is 2.41. The van der Waals surface area contributed by atoms with Crippen molar-refractivity contribution in [3.05, 3.63) is 76.7 Å². The third kappa shape index (κ3) is 4.53. The Morgan fingerprint density at radius 2 is 2.06 bits per heavy atom. The molecule has 1 aliphatic carbocycles. The van der Waals surface area contributed by atoms with Gasteiger partial charge in [0.05, 0.1) is 11.5 Å². The van der Waals surface area contributed by atoms with E-state index in [4.69, 9.17) is 4.74 Å². The van der Waals surface area contributed by atoms with Gasteiger partial charge < -0.3 is 14.6 Å². The maximum atomic E-state index is 13.2. The van der Waals surface area contributed by atoms with Crippen molar-refractivity contribution >= 4 is 11.8 Å². The van der Waals surface area contributed by atoms with Crippen molar-refractivity contribution in [2.45, 2.75) is 38.6 Å². The number of hydrogen-bond donors (Lipinski definition) is 1. The lowest BCUT2D eigenvalue weighted by molar-refractivity contribution is -0.139. The van der Waals surface area contributed by atoms with Gasteiger partial charge in [0.25, 0.3) is 0 Å². The molecule has 0 saturated heterocycles. The number of aryl methyl sites for hydroxylation is 1. The highest BCUT2D eigenvalue weighted by molar-refractivity contribution is 6.03. The Balaban J connectivity index is 1.50. The first kappa shape index (κ1) is 22.0. The van der Waals surface area contributed by atoms with E-state index >= 15 is 0 Å². The fourth-order valence-electron chi connectivity index (χ4n) is 4.51. The predicted molar refractivity (Wildman–Crippen MR) is 121 cm³/mol. The molecule has 168 valence electrons. The van der Waals surface area contributed by atoms with Crippen LogP contribution in [0.2, 0.25) is 0 Å². The summed E-state index contributed by atoms with van der Waals surface area (Å²) < 4.78 is 7.57. The zero-order valence-corrected chi connectivity index (χ0v) is 18.9. The fraction of sp³-hybridized carbons (Fsp3) is 0.400. The minimum atomic E-state index is -0.506. The maximum absolute atomic E-state index is 13.2. The molecule has 1 aromatic carbocycles. The van der Waals surface area contributed by atoms with Crippen LogP contribution in [0, 0.1) is 0 Å². The molecule has 7 heteroatoms. The third-order valence-corrected chi connectivity index (χ3v) is 6.11. The van der Waals surface area contributed by atoms with E-state index < -0.39 is 11.9 Å². The maximum Gasteiger partial charge on any atom is 0.336 e. The number of esters is 1. The number of ether oxygens (including phenoxy) is 1. The number of nitrogens with one attached hydrogen (secondary N) is 1. The average molecular weight is 435 g/mol. The number of carbonyl (C=O) groups is 2. The third-order valence-electron chi connectivity index (χ3n) is 6.11. The van der Waals surface area contributed by atoms with Crippen LogP contribution in [0.15, 0.2) is 65.3 Å². The molecule has 32 heavy (non-hydrogen) atoms. The Morgan fingerprint density at radius 1 is 1.28 bits per heavy atom.